The summed E-state index contributed by atoms with van der Waals surface area (Å²) in [7, 11) is 0. The van der Waals surface area contributed by atoms with Gasteiger partial charge in [-0.2, -0.15) is 5.10 Å². The van der Waals surface area contributed by atoms with Crippen LogP contribution >= 0.6 is 11.6 Å². The van der Waals surface area contributed by atoms with E-state index in [0.29, 0.717) is 10.9 Å². The fourth-order valence-electron chi connectivity index (χ4n) is 1.38. The second kappa shape index (κ2) is 5.84. The molecule has 0 unspecified atom stereocenters. The molecule has 0 atom stereocenters. The highest BCUT2D eigenvalue weighted by molar-refractivity contribution is 6.33. The second-order valence-corrected chi connectivity index (χ2v) is 4.22. The van der Waals surface area contributed by atoms with Crippen molar-refractivity contribution in [2.75, 3.05) is 0 Å². The van der Waals surface area contributed by atoms with Crippen LogP contribution in [0.3, 0.4) is 0 Å². The lowest BCUT2D eigenvalue weighted by atomic mass is 9.98. The van der Waals surface area contributed by atoms with E-state index in [1.54, 1.807) is 6.21 Å². The second-order valence-electron chi connectivity index (χ2n) is 3.81. The Morgan fingerprint density at radius 3 is 2.62 bits per heavy atom. The molecule has 16 heavy (non-hydrogen) atoms. The Balaban J connectivity index is 2.97. The van der Waals surface area contributed by atoms with Crippen LogP contribution in [0, 0.1) is 0 Å². The fourth-order valence-corrected chi connectivity index (χ4v) is 1.61. The van der Waals surface area contributed by atoms with Crippen LogP contribution < -0.4 is 16.9 Å². The van der Waals surface area contributed by atoms with Gasteiger partial charge in [-0.3, -0.25) is 16.9 Å². The largest absolute Gasteiger partial charge is 0.298 e. The summed E-state index contributed by atoms with van der Waals surface area (Å²) in [6.45, 7) is 4.20. The van der Waals surface area contributed by atoms with Crippen LogP contribution in [-0.4, -0.2) is 12.5 Å². The summed E-state index contributed by atoms with van der Waals surface area (Å²) >= 11 is 6.11. The maximum absolute atomic E-state index is 6.11. The molecule has 5 heteroatoms. The van der Waals surface area contributed by atoms with Crippen LogP contribution in [0.5, 0.6) is 0 Å². The Morgan fingerprint density at radius 2 is 2.06 bits per heavy atom. The Kier molecular flexibility index (Phi) is 4.73. The van der Waals surface area contributed by atoms with Gasteiger partial charge in [0, 0.05) is 10.6 Å². The van der Waals surface area contributed by atoms with E-state index in [4.69, 9.17) is 23.1 Å². The van der Waals surface area contributed by atoms with E-state index < -0.39 is 6.29 Å². The molecule has 0 heterocycles. The zero-order valence-electron chi connectivity index (χ0n) is 9.44. The van der Waals surface area contributed by atoms with Crippen LogP contribution in [0.25, 0.3) is 0 Å². The first-order chi connectivity index (χ1) is 7.52. The van der Waals surface area contributed by atoms with Gasteiger partial charge in [-0.1, -0.05) is 37.6 Å². The number of nitrogens with zero attached hydrogens (tertiary/aromatic N) is 1. The molecule has 88 valence electrons. The topological polar surface area (TPSA) is 76.4 Å². The third-order valence-electron chi connectivity index (χ3n) is 2.13. The van der Waals surface area contributed by atoms with E-state index in [1.165, 1.54) is 0 Å². The lowest BCUT2D eigenvalue weighted by Crippen LogP contribution is -2.42. The molecule has 0 aliphatic heterocycles. The molecule has 0 saturated heterocycles. The Bertz CT molecular complexity index is 374. The van der Waals surface area contributed by atoms with E-state index in [-0.39, 0.29) is 0 Å². The van der Waals surface area contributed by atoms with Crippen molar-refractivity contribution in [3.63, 3.8) is 0 Å². The Hall–Kier alpha value is -1.10. The lowest BCUT2D eigenvalue weighted by Gasteiger charge is -2.11. The highest BCUT2D eigenvalue weighted by atomic mass is 35.5. The zero-order chi connectivity index (χ0) is 12.1. The van der Waals surface area contributed by atoms with Crippen molar-refractivity contribution in [1.29, 1.82) is 0 Å². The summed E-state index contributed by atoms with van der Waals surface area (Å²) in [6, 6.07) is 5.79. The first kappa shape index (κ1) is 13.0. The van der Waals surface area contributed by atoms with Crippen LogP contribution in [0.1, 0.15) is 30.9 Å². The van der Waals surface area contributed by atoms with Crippen LogP contribution in [0.2, 0.25) is 5.02 Å². The van der Waals surface area contributed by atoms with Gasteiger partial charge in [0.1, 0.15) is 6.29 Å². The van der Waals surface area contributed by atoms with Crippen LogP contribution in [0.4, 0.5) is 0 Å². The van der Waals surface area contributed by atoms with Gasteiger partial charge >= 0.3 is 0 Å². The molecule has 0 aromatic heterocycles. The SMILES string of the molecule is CC(C)c1cccc(Cl)c1/C=N/NC(N)N. The van der Waals surface area contributed by atoms with Crippen LogP contribution in [-0.2, 0) is 0 Å². The average molecular weight is 241 g/mol. The minimum absolute atomic E-state index is 0.381. The predicted molar refractivity (Wildman–Crippen MR) is 68.4 cm³/mol. The molecule has 0 spiro atoms. The molecule has 1 aromatic rings. The minimum Gasteiger partial charge on any atom is -0.298 e. The number of nitrogens with two attached hydrogens (primary N) is 2. The first-order valence-electron chi connectivity index (χ1n) is 5.10. The molecular formula is C11H17ClN4. The van der Waals surface area contributed by atoms with Gasteiger partial charge in [0.2, 0.25) is 0 Å². The van der Waals surface area contributed by atoms with E-state index in [1.807, 2.05) is 18.2 Å². The highest BCUT2D eigenvalue weighted by Gasteiger charge is 2.07. The van der Waals surface area contributed by atoms with Crippen molar-refractivity contribution in [1.82, 2.24) is 5.43 Å². The molecule has 0 radical (unpaired) electrons. The van der Waals surface area contributed by atoms with E-state index in [9.17, 15) is 0 Å². The minimum atomic E-state index is -0.666. The fraction of sp³-hybridized carbons (Fsp3) is 0.364. The van der Waals surface area contributed by atoms with Crippen molar-refractivity contribution in [2.45, 2.75) is 26.1 Å². The molecule has 0 aliphatic rings. The lowest BCUT2D eigenvalue weighted by molar-refractivity contribution is 0.572. The Morgan fingerprint density at radius 1 is 1.38 bits per heavy atom. The first-order valence-corrected chi connectivity index (χ1v) is 5.48. The summed E-state index contributed by atoms with van der Waals surface area (Å²) in [4.78, 5) is 0. The van der Waals surface area contributed by atoms with Gasteiger partial charge < -0.3 is 0 Å². The maximum Gasteiger partial charge on any atom is 0.142 e. The predicted octanol–water partition coefficient (Wildman–Crippen LogP) is 1.59. The number of hydrogen-bond acceptors (Lipinski definition) is 4. The number of hydrogen-bond donors (Lipinski definition) is 3. The van der Waals surface area contributed by atoms with Gasteiger partial charge in [0.15, 0.2) is 0 Å². The van der Waals surface area contributed by atoms with E-state index in [2.05, 4.69) is 24.4 Å². The van der Waals surface area contributed by atoms with Gasteiger partial charge in [0.05, 0.1) is 6.21 Å². The number of hydrazone groups is 1. The third-order valence-corrected chi connectivity index (χ3v) is 2.46. The van der Waals surface area contributed by atoms with Crippen molar-refractivity contribution in [3.8, 4) is 0 Å². The van der Waals surface area contributed by atoms with E-state index >= 15 is 0 Å². The summed E-state index contributed by atoms with van der Waals surface area (Å²) in [6.07, 6.45) is 0.978. The molecule has 0 bridgehead atoms. The molecular weight excluding hydrogens is 224 g/mol. The molecule has 5 N–H and O–H groups in total. The summed E-state index contributed by atoms with van der Waals surface area (Å²) in [5.74, 6) is 0.381. The molecule has 0 fully saturated rings. The van der Waals surface area contributed by atoms with Gasteiger partial charge in [-0.25, -0.2) is 0 Å². The van der Waals surface area contributed by atoms with Crippen molar-refractivity contribution in [2.24, 2.45) is 16.6 Å². The molecule has 1 rings (SSSR count). The van der Waals surface area contributed by atoms with Gasteiger partial charge in [-0.05, 0) is 17.5 Å². The summed E-state index contributed by atoms with van der Waals surface area (Å²) in [5.41, 5.74) is 15.2. The number of rotatable bonds is 4. The molecule has 1 aromatic carbocycles. The molecule has 4 nitrogen and oxygen atoms in total. The van der Waals surface area contributed by atoms with Gasteiger partial charge in [-0.15, -0.1) is 0 Å². The number of benzene rings is 1. The average Bonchev–Trinajstić information content (AvgIpc) is 2.19. The quantitative estimate of drug-likeness (QED) is 0.425. The number of nitrogens with one attached hydrogen (secondary N) is 1. The smallest absolute Gasteiger partial charge is 0.142 e. The summed E-state index contributed by atoms with van der Waals surface area (Å²) < 4.78 is 0. The van der Waals surface area contributed by atoms with Crippen molar-refractivity contribution in [3.05, 3.63) is 34.3 Å². The zero-order valence-corrected chi connectivity index (χ0v) is 10.2. The Labute approximate surface area is 101 Å². The molecule has 0 saturated carbocycles. The normalized spacial score (nSPS) is 11.7. The van der Waals surface area contributed by atoms with Crippen molar-refractivity contribution >= 4 is 17.8 Å². The molecule has 0 amide bonds. The monoisotopic (exact) mass is 240 g/mol. The van der Waals surface area contributed by atoms with Crippen LogP contribution in [0.15, 0.2) is 23.3 Å². The number of halogens is 1. The summed E-state index contributed by atoms with van der Waals surface area (Å²) in [5, 5.41) is 4.60. The van der Waals surface area contributed by atoms with Gasteiger partial charge in [0.25, 0.3) is 0 Å². The molecule has 0 aliphatic carbocycles. The highest BCUT2D eigenvalue weighted by Crippen LogP contribution is 2.24. The standard InChI is InChI=1S/C11H17ClN4/c1-7(2)8-4-3-5-10(12)9(8)6-15-16-11(13)14/h3-7,11,16H,13-14H2,1-2H3/b15-6+. The third kappa shape index (κ3) is 3.48. The van der Waals surface area contributed by atoms with Crippen molar-refractivity contribution < 1.29 is 0 Å². The van der Waals surface area contributed by atoms with E-state index in [0.717, 1.165) is 11.1 Å². The maximum atomic E-state index is 6.11.